The second-order valence-electron chi connectivity index (χ2n) is 6.30. The zero-order chi connectivity index (χ0) is 17.1. The molecule has 130 valence electrons. The van der Waals surface area contributed by atoms with E-state index in [1.54, 1.807) is 18.5 Å². The van der Waals surface area contributed by atoms with Gasteiger partial charge in [-0.05, 0) is 25.1 Å². The van der Waals surface area contributed by atoms with Crippen molar-refractivity contribution < 1.29 is 4.74 Å². The normalized spacial score (nSPS) is 17.9. The molecular formula is C18H22N6O. The van der Waals surface area contributed by atoms with E-state index in [1.807, 2.05) is 10.9 Å². The van der Waals surface area contributed by atoms with Gasteiger partial charge in [-0.1, -0.05) is 0 Å². The van der Waals surface area contributed by atoms with Crippen molar-refractivity contribution in [2.75, 3.05) is 6.54 Å². The molecule has 0 radical (unpaired) electrons. The minimum Gasteiger partial charge on any atom is -0.457 e. The quantitative estimate of drug-likeness (QED) is 0.712. The fraction of sp³-hybridized carbons (Fsp3) is 0.389. The van der Waals surface area contributed by atoms with Crippen LogP contribution in [0.15, 0.2) is 49.2 Å². The summed E-state index contributed by atoms with van der Waals surface area (Å²) in [5, 5.41) is 4.38. The molecule has 0 saturated heterocycles. The highest BCUT2D eigenvalue weighted by Gasteiger charge is 2.23. The van der Waals surface area contributed by atoms with Gasteiger partial charge >= 0.3 is 6.01 Å². The molecule has 1 atom stereocenters. The van der Waals surface area contributed by atoms with Crippen LogP contribution in [0.1, 0.15) is 18.2 Å². The van der Waals surface area contributed by atoms with Crippen molar-refractivity contribution in [1.29, 1.82) is 0 Å². The van der Waals surface area contributed by atoms with E-state index in [0.717, 1.165) is 32.7 Å². The van der Waals surface area contributed by atoms with Crippen molar-refractivity contribution >= 4 is 0 Å². The Labute approximate surface area is 146 Å². The molecule has 1 aliphatic heterocycles. The summed E-state index contributed by atoms with van der Waals surface area (Å²) < 4.78 is 10.3. The minimum atomic E-state index is -0.00253. The molecule has 25 heavy (non-hydrogen) atoms. The molecule has 1 unspecified atom stereocenters. The Morgan fingerprint density at radius 1 is 1.20 bits per heavy atom. The zero-order valence-corrected chi connectivity index (χ0v) is 14.3. The number of aryl methyl sites for hydroxylation is 1. The van der Waals surface area contributed by atoms with Gasteiger partial charge in [-0.25, -0.2) is 9.97 Å². The maximum Gasteiger partial charge on any atom is 0.316 e. The summed E-state index contributed by atoms with van der Waals surface area (Å²) in [6, 6.07) is 6.48. The van der Waals surface area contributed by atoms with Gasteiger partial charge in [0.05, 0.1) is 12.7 Å². The van der Waals surface area contributed by atoms with Crippen LogP contribution in [0.2, 0.25) is 0 Å². The first kappa shape index (κ1) is 15.8. The van der Waals surface area contributed by atoms with Crippen LogP contribution in [0, 0.1) is 0 Å². The van der Waals surface area contributed by atoms with E-state index in [1.165, 1.54) is 11.3 Å². The van der Waals surface area contributed by atoms with E-state index in [9.17, 15) is 0 Å². The van der Waals surface area contributed by atoms with Crippen LogP contribution in [0.5, 0.6) is 6.01 Å². The first-order valence-corrected chi connectivity index (χ1v) is 8.61. The van der Waals surface area contributed by atoms with Crippen molar-refractivity contribution in [1.82, 2.24) is 29.2 Å². The van der Waals surface area contributed by atoms with Gasteiger partial charge < -0.3 is 9.30 Å². The lowest BCUT2D eigenvalue weighted by atomic mass is 10.2. The Bertz CT molecular complexity index is 812. The number of hydrogen-bond acceptors (Lipinski definition) is 5. The summed E-state index contributed by atoms with van der Waals surface area (Å²) in [6.07, 6.45) is 9.57. The molecule has 0 amide bonds. The van der Waals surface area contributed by atoms with Gasteiger partial charge in [0.2, 0.25) is 0 Å². The maximum atomic E-state index is 6.05. The Hall–Kier alpha value is -2.67. The molecule has 4 rings (SSSR count). The second-order valence-corrected chi connectivity index (χ2v) is 6.30. The first-order chi connectivity index (χ1) is 12.3. The molecule has 4 heterocycles. The number of ether oxygens (including phenoxy) is 1. The summed E-state index contributed by atoms with van der Waals surface area (Å²) in [5.74, 6) is 0. The minimum absolute atomic E-state index is 0.00253. The van der Waals surface area contributed by atoms with Crippen molar-refractivity contribution in [2.45, 2.75) is 39.2 Å². The Kier molecular flexibility index (Phi) is 4.47. The van der Waals surface area contributed by atoms with Gasteiger partial charge in [-0.2, -0.15) is 5.10 Å². The summed E-state index contributed by atoms with van der Waals surface area (Å²) in [5.41, 5.74) is 2.51. The maximum absolute atomic E-state index is 6.05. The Morgan fingerprint density at radius 2 is 2.08 bits per heavy atom. The van der Waals surface area contributed by atoms with Crippen LogP contribution in [0.4, 0.5) is 0 Å². The first-order valence-electron chi connectivity index (χ1n) is 8.61. The van der Waals surface area contributed by atoms with E-state index < -0.39 is 0 Å². The van der Waals surface area contributed by atoms with E-state index in [4.69, 9.17) is 4.74 Å². The molecule has 0 bridgehead atoms. The standard InChI is InChI=1S/C18H22N6O/c1-2-24-11-15(9-21-24)10-22-12-16-5-3-8-23(16)14-17(13-22)25-18-19-6-4-7-20-18/h3-9,11,17H,2,10,12-14H2,1H3. The van der Waals surface area contributed by atoms with E-state index in [2.05, 4.69) is 56.0 Å². The van der Waals surface area contributed by atoms with Gasteiger partial charge in [0, 0.05) is 62.2 Å². The molecular weight excluding hydrogens is 316 g/mol. The molecule has 7 nitrogen and oxygen atoms in total. The fourth-order valence-electron chi connectivity index (χ4n) is 3.24. The smallest absolute Gasteiger partial charge is 0.316 e. The Morgan fingerprint density at radius 3 is 2.88 bits per heavy atom. The van der Waals surface area contributed by atoms with Crippen LogP contribution in [0.25, 0.3) is 0 Å². The molecule has 0 aliphatic carbocycles. The van der Waals surface area contributed by atoms with E-state index in [0.29, 0.717) is 6.01 Å². The van der Waals surface area contributed by atoms with Gasteiger partial charge in [0.15, 0.2) is 0 Å². The van der Waals surface area contributed by atoms with Gasteiger partial charge in [0.25, 0.3) is 0 Å². The van der Waals surface area contributed by atoms with Crippen LogP contribution in [0.3, 0.4) is 0 Å². The average Bonchev–Trinajstić information content (AvgIpc) is 3.22. The lowest BCUT2D eigenvalue weighted by molar-refractivity contribution is 0.114. The summed E-state index contributed by atoms with van der Waals surface area (Å²) in [7, 11) is 0. The molecule has 0 saturated carbocycles. The van der Waals surface area contributed by atoms with E-state index >= 15 is 0 Å². The molecule has 3 aromatic rings. The number of hydrogen-bond donors (Lipinski definition) is 0. The number of aromatic nitrogens is 5. The van der Waals surface area contributed by atoms with Crippen molar-refractivity contribution in [3.05, 3.63) is 60.4 Å². The molecule has 0 fully saturated rings. The van der Waals surface area contributed by atoms with E-state index in [-0.39, 0.29) is 6.10 Å². The average molecular weight is 338 g/mol. The van der Waals surface area contributed by atoms with Gasteiger partial charge in [0.1, 0.15) is 6.10 Å². The van der Waals surface area contributed by atoms with Crippen molar-refractivity contribution in [3.63, 3.8) is 0 Å². The molecule has 3 aromatic heterocycles. The van der Waals surface area contributed by atoms with Crippen molar-refractivity contribution in [2.24, 2.45) is 0 Å². The highest BCUT2D eigenvalue weighted by molar-refractivity contribution is 5.11. The van der Waals surface area contributed by atoms with Gasteiger partial charge in [-0.15, -0.1) is 0 Å². The zero-order valence-electron chi connectivity index (χ0n) is 14.3. The monoisotopic (exact) mass is 338 g/mol. The van der Waals surface area contributed by atoms with Crippen LogP contribution in [-0.2, 0) is 26.2 Å². The predicted octanol–water partition coefficient (Wildman–Crippen LogP) is 1.96. The SMILES string of the molecule is CCn1cc(CN2Cc3cccn3CC(Oc3ncccn3)C2)cn1. The predicted molar refractivity (Wildman–Crippen MR) is 92.9 cm³/mol. The van der Waals surface area contributed by atoms with Crippen LogP contribution >= 0.6 is 0 Å². The lowest BCUT2D eigenvalue weighted by Crippen LogP contribution is -2.34. The number of nitrogens with zero attached hydrogens (tertiary/aromatic N) is 6. The molecule has 1 aliphatic rings. The topological polar surface area (TPSA) is 61.0 Å². The number of rotatable bonds is 5. The molecule has 0 aromatic carbocycles. The fourth-order valence-corrected chi connectivity index (χ4v) is 3.24. The highest BCUT2D eigenvalue weighted by atomic mass is 16.5. The lowest BCUT2D eigenvalue weighted by Gasteiger charge is -2.23. The second kappa shape index (κ2) is 7.06. The number of fused-ring (bicyclic) bond motifs is 1. The highest BCUT2D eigenvalue weighted by Crippen LogP contribution is 2.18. The molecule has 7 heteroatoms. The summed E-state index contributed by atoms with van der Waals surface area (Å²) in [4.78, 5) is 10.8. The third-order valence-electron chi connectivity index (χ3n) is 4.40. The molecule has 0 spiro atoms. The van der Waals surface area contributed by atoms with Gasteiger partial charge in [-0.3, -0.25) is 9.58 Å². The molecule has 0 N–H and O–H groups in total. The van der Waals surface area contributed by atoms with Crippen LogP contribution < -0.4 is 4.74 Å². The van der Waals surface area contributed by atoms with Crippen LogP contribution in [-0.4, -0.2) is 41.9 Å². The Balaban J connectivity index is 1.52. The third-order valence-corrected chi connectivity index (χ3v) is 4.40. The third kappa shape index (κ3) is 3.71. The van der Waals surface area contributed by atoms with Crippen molar-refractivity contribution in [3.8, 4) is 6.01 Å². The summed E-state index contributed by atoms with van der Waals surface area (Å²) in [6.45, 7) is 6.34. The largest absolute Gasteiger partial charge is 0.457 e. The summed E-state index contributed by atoms with van der Waals surface area (Å²) >= 11 is 0.